The predicted molar refractivity (Wildman–Crippen MR) is 80.8 cm³/mol. The zero-order valence-electron chi connectivity index (χ0n) is 12.4. The number of Topliss-reactive ketones (excluding diaryl/α,β-unsaturated/α-hetero) is 1. The van der Waals surface area contributed by atoms with Crippen molar-refractivity contribution in [2.45, 2.75) is 32.8 Å². The van der Waals surface area contributed by atoms with E-state index in [1.54, 1.807) is 11.8 Å². The zero-order chi connectivity index (χ0) is 15.1. The third-order valence-corrected chi connectivity index (χ3v) is 3.56. The molecule has 2 rings (SSSR count). The van der Waals surface area contributed by atoms with E-state index in [2.05, 4.69) is 0 Å². The minimum Gasteiger partial charge on any atom is -0.445 e. The maximum Gasteiger partial charge on any atom is 0.410 e. The predicted octanol–water partition coefficient (Wildman–Crippen LogP) is 3.32. The van der Waals surface area contributed by atoms with Crippen molar-refractivity contribution in [3.8, 4) is 0 Å². The van der Waals surface area contributed by atoms with Crippen molar-refractivity contribution >= 4 is 11.9 Å². The Morgan fingerprint density at radius 3 is 2.62 bits per heavy atom. The van der Waals surface area contributed by atoms with Gasteiger partial charge in [-0.2, -0.15) is 0 Å². The normalized spacial score (nSPS) is 14.5. The fourth-order valence-electron chi connectivity index (χ4n) is 2.25. The number of nitrogens with zero attached hydrogens (tertiary/aromatic N) is 1. The number of rotatable bonds is 5. The van der Waals surface area contributed by atoms with Crippen molar-refractivity contribution in [2.75, 3.05) is 13.1 Å². The average Bonchev–Trinajstić information content (AvgIpc) is 2.52. The van der Waals surface area contributed by atoms with Crippen molar-refractivity contribution in [2.24, 2.45) is 0 Å². The first kappa shape index (κ1) is 15.3. The lowest BCUT2D eigenvalue weighted by Crippen LogP contribution is -2.35. The Balaban J connectivity index is 1.76. The summed E-state index contributed by atoms with van der Waals surface area (Å²) in [5.74, 6) is 0.209. The number of carbonyl (C=O) groups excluding carboxylic acids is 2. The fourth-order valence-corrected chi connectivity index (χ4v) is 2.25. The topological polar surface area (TPSA) is 46.6 Å². The molecule has 0 aromatic heterocycles. The van der Waals surface area contributed by atoms with Crippen LogP contribution in [0, 0.1) is 0 Å². The van der Waals surface area contributed by atoms with E-state index in [1.807, 2.05) is 36.4 Å². The molecule has 0 atom stereocenters. The molecule has 4 heteroatoms. The minimum atomic E-state index is -0.277. The van der Waals surface area contributed by atoms with Gasteiger partial charge in [-0.25, -0.2) is 4.79 Å². The SMILES string of the molecule is CC(=O)CCC1=CCN(C(=O)OCc2ccccc2)CC1. The molecular weight excluding hydrogens is 266 g/mol. The van der Waals surface area contributed by atoms with Gasteiger partial charge in [-0.05, 0) is 25.3 Å². The van der Waals surface area contributed by atoms with Gasteiger partial charge >= 0.3 is 6.09 Å². The van der Waals surface area contributed by atoms with E-state index in [4.69, 9.17) is 4.74 Å². The molecule has 1 aromatic rings. The van der Waals surface area contributed by atoms with Crippen LogP contribution in [0.5, 0.6) is 0 Å². The molecule has 0 N–H and O–H groups in total. The second-order valence-corrected chi connectivity index (χ2v) is 5.30. The largest absolute Gasteiger partial charge is 0.445 e. The monoisotopic (exact) mass is 287 g/mol. The van der Waals surface area contributed by atoms with Crippen LogP contribution in [0.15, 0.2) is 42.0 Å². The Labute approximate surface area is 125 Å². The summed E-state index contributed by atoms with van der Waals surface area (Å²) in [4.78, 5) is 24.6. The molecule has 0 saturated heterocycles. The van der Waals surface area contributed by atoms with E-state index >= 15 is 0 Å². The van der Waals surface area contributed by atoms with Crippen LogP contribution in [-0.4, -0.2) is 29.9 Å². The minimum absolute atomic E-state index is 0.209. The van der Waals surface area contributed by atoms with Gasteiger partial charge < -0.3 is 14.4 Å². The molecule has 0 unspecified atom stereocenters. The summed E-state index contributed by atoms with van der Waals surface area (Å²) in [7, 11) is 0. The highest BCUT2D eigenvalue weighted by Crippen LogP contribution is 2.17. The van der Waals surface area contributed by atoms with Gasteiger partial charge in [0.25, 0.3) is 0 Å². The summed E-state index contributed by atoms with van der Waals surface area (Å²) in [5, 5.41) is 0. The molecule has 112 valence electrons. The molecule has 0 spiro atoms. The second-order valence-electron chi connectivity index (χ2n) is 5.30. The Morgan fingerprint density at radius 2 is 2.00 bits per heavy atom. The summed E-state index contributed by atoms with van der Waals surface area (Å²) >= 11 is 0. The van der Waals surface area contributed by atoms with Crippen LogP contribution in [-0.2, 0) is 16.1 Å². The van der Waals surface area contributed by atoms with Crippen molar-refractivity contribution < 1.29 is 14.3 Å². The van der Waals surface area contributed by atoms with Crippen LogP contribution in [0.2, 0.25) is 0 Å². The van der Waals surface area contributed by atoms with Crippen LogP contribution < -0.4 is 0 Å². The first-order valence-electron chi connectivity index (χ1n) is 7.28. The highest BCUT2D eigenvalue weighted by Gasteiger charge is 2.18. The molecule has 1 heterocycles. The van der Waals surface area contributed by atoms with E-state index in [9.17, 15) is 9.59 Å². The van der Waals surface area contributed by atoms with Gasteiger partial charge in [-0.3, -0.25) is 0 Å². The van der Waals surface area contributed by atoms with Gasteiger partial charge in [0.1, 0.15) is 12.4 Å². The second kappa shape index (κ2) is 7.62. The highest BCUT2D eigenvalue weighted by molar-refractivity contribution is 5.75. The number of ether oxygens (including phenoxy) is 1. The molecule has 1 aliphatic rings. The van der Waals surface area contributed by atoms with Crippen molar-refractivity contribution in [3.05, 3.63) is 47.5 Å². The van der Waals surface area contributed by atoms with Crippen molar-refractivity contribution in [1.82, 2.24) is 4.90 Å². The average molecular weight is 287 g/mol. The molecule has 21 heavy (non-hydrogen) atoms. The molecule has 0 saturated carbocycles. The van der Waals surface area contributed by atoms with Crippen molar-refractivity contribution in [3.63, 3.8) is 0 Å². The van der Waals surface area contributed by atoms with Gasteiger partial charge in [-0.1, -0.05) is 42.0 Å². The van der Waals surface area contributed by atoms with E-state index < -0.39 is 0 Å². The summed E-state index contributed by atoms with van der Waals surface area (Å²) in [5.41, 5.74) is 2.25. The van der Waals surface area contributed by atoms with Gasteiger partial charge in [0, 0.05) is 19.5 Å². The van der Waals surface area contributed by atoms with Crippen LogP contribution in [0.25, 0.3) is 0 Å². The number of benzene rings is 1. The summed E-state index contributed by atoms with van der Waals surface area (Å²) in [6.45, 7) is 3.14. The highest BCUT2D eigenvalue weighted by atomic mass is 16.6. The molecule has 4 nitrogen and oxygen atoms in total. The van der Waals surface area contributed by atoms with E-state index in [1.165, 1.54) is 5.57 Å². The molecular formula is C17H21NO3. The Morgan fingerprint density at radius 1 is 1.24 bits per heavy atom. The van der Waals surface area contributed by atoms with Crippen LogP contribution in [0.1, 0.15) is 31.7 Å². The maximum absolute atomic E-state index is 12.0. The Kier molecular flexibility index (Phi) is 5.55. The molecule has 0 radical (unpaired) electrons. The Hall–Kier alpha value is -2.10. The lowest BCUT2D eigenvalue weighted by molar-refractivity contribution is -0.117. The molecule has 1 amide bonds. The lowest BCUT2D eigenvalue weighted by atomic mass is 10.0. The smallest absolute Gasteiger partial charge is 0.410 e. The third-order valence-electron chi connectivity index (χ3n) is 3.56. The van der Waals surface area contributed by atoms with E-state index in [0.29, 0.717) is 26.1 Å². The molecule has 0 bridgehead atoms. The number of ketones is 1. The lowest BCUT2D eigenvalue weighted by Gasteiger charge is -2.25. The molecule has 1 aromatic carbocycles. The zero-order valence-corrected chi connectivity index (χ0v) is 12.4. The first-order chi connectivity index (χ1) is 10.1. The van der Waals surface area contributed by atoms with E-state index in [-0.39, 0.29) is 11.9 Å². The molecule has 1 aliphatic heterocycles. The standard InChI is InChI=1S/C17H21NO3/c1-14(19)7-8-15-9-11-18(12-10-15)17(20)21-13-16-5-3-2-4-6-16/h2-6,9H,7-8,10-13H2,1H3. The first-order valence-corrected chi connectivity index (χ1v) is 7.28. The van der Waals surface area contributed by atoms with Gasteiger partial charge in [-0.15, -0.1) is 0 Å². The van der Waals surface area contributed by atoms with Gasteiger partial charge in [0.15, 0.2) is 0 Å². The van der Waals surface area contributed by atoms with Crippen molar-refractivity contribution in [1.29, 1.82) is 0 Å². The third kappa shape index (κ3) is 5.06. The molecule has 0 fully saturated rings. The van der Waals surface area contributed by atoms with Crippen LogP contribution >= 0.6 is 0 Å². The Bertz CT molecular complexity index is 522. The number of hydrogen-bond donors (Lipinski definition) is 0. The maximum atomic E-state index is 12.0. The summed E-state index contributed by atoms with van der Waals surface area (Å²) in [6, 6.07) is 9.65. The molecule has 0 aliphatic carbocycles. The number of amides is 1. The summed E-state index contributed by atoms with van der Waals surface area (Å²) < 4.78 is 5.30. The van der Waals surface area contributed by atoms with Crippen LogP contribution in [0.4, 0.5) is 4.79 Å². The summed E-state index contributed by atoms with van der Waals surface area (Å²) in [6.07, 6.45) is 3.98. The fraction of sp³-hybridized carbons (Fsp3) is 0.412. The van der Waals surface area contributed by atoms with Gasteiger partial charge in [0.05, 0.1) is 0 Å². The number of hydrogen-bond acceptors (Lipinski definition) is 3. The number of carbonyl (C=O) groups is 2. The quantitative estimate of drug-likeness (QED) is 0.780. The van der Waals surface area contributed by atoms with Gasteiger partial charge in [0.2, 0.25) is 0 Å². The van der Waals surface area contributed by atoms with E-state index in [0.717, 1.165) is 18.4 Å². The van der Waals surface area contributed by atoms with Crippen LogP contribution in [0.3, 0.4) is 0 Å².